The molecule has 4 aromatic carbocycles. The van der Waals surface area contributed by atoms with Gasteiger partial charge in [0.25, 0.3) is 0 Å². The maximum atomic E-state index is 13.6. The van der Waals surface area contributed by atoms with Crippen molar-refractivity contribution in [2.24, 2.45) is 23.7 Å². The van der Waals surface area contributed by atoms with Gasteiger partial charge in [-0.2, -0.15) is 0 Å². The first-order chi connectivity index (χ1) is 22.3. The molecule has 230 valence electrons. The van der Waals surface area contributed by atoms with Gasteiger partial charge in [-0.1, -0.05) is 48.0 Å². The largest absolute Gasteiger partial charge is 0.454 e. The number of nitrogens with zero attached hydrogens (tertiary/aromatic N) is 1. The molecule has 3 fully saturated rings. The topological polar surface area (TPSA) is 107 Å². The second-order valence-electron chi connectivity index (χ2n) is 12.3. The van der Waals surface area contributed by atoms with E-state index in [2.05, 4.69) is 12.1 Å². The maximum absolute atomic E-state index is 13.6. The Labute approximate surface area is 265 Å². The number of ether oxygens (including phenoxy) is 2. The Morgan fingerprint density at radius 2 is 1.30 bits per heavy atom. The van der Waals surface area contributed by atoms with Crippen molar-refractivity contribution in [3.8, 4) is 5.75 Å². The van der Waals surface area contributed by atoms with Gasteiger partial charge in [0.2, 0.25) is 11.8 Å². The van der Waals surface area contributed by atoms with E-state index < -0.39 is 24.3 Å². The minimum absolute atomic E-state index is 0.149. The van der Waals surface area contributed by atoms with E-state index in [0.29, 0.717) is 16.8 Å². The third kappa shape index (κ3) is 5.30. The Balaban J connectivity index is 0.946. The van der Waals surface area contributed by atoms with E-state index in [1.807, 2.05) is 37.3 Å². The van der Waals surface area contributed by atoms with Crippen LogP contribution in [0.3, 0.4) is 0 Å². The first-order valence-corrected chi connectivity index (χ1v) is 15.4. The number of carbonyl (C=O) groups excluding carboxylic acids is 5. The summed E-state index contributed by atoms with van der Waals surface area (Å²) in [6, 6.07) is 29.3. The zero-order valence-electron chi connectivity index (χ0n) is 25.1. The monoisotopic (exact) mass is 613 g/mol. The van der Waals surface area contributed by atoms with Crippen LogP contribution >= 0.6 is 0 Å². The molecule has 1 aliphatic heterocycles. The molecule has 0 aromatic heterocycles. The molecule has 2 amide bonds. The molecule has 8 nitrogen and oxygen atoms in total. The van der Waals surface area contributed by atoms with Crippen LogP contribution in [0.15, 0.2) is 103 Å². The molecule has 2 aliphatic carbocycles. The number of ketones is 1. The van der Waals surface area contributed by atoms with Gasteiger partial charge in [-0.05, 0) is 104 Å². The van der Waals surface area contributed by atoms with Crippen LogP contribution < -0.4 is 9.64 Å². The molecule has 5 atom stereocenters. The molecule has 4 aromatic rings. The van der Waals surface area contributed by atoms with E-state index >= 15 is 0 Å². The molecule has 0 radical (unpaired) electrons. The first kappa shape index (κ1) is 29.3. The first-order valence-electron chi connectivity index (χ1n) is 15.4. The quantitative estimate of drug-likeness (QED) is 0.101. The number of rotatable bonds is 8. The summed E-state index contributed by atoms with van der Waals surface area (Å²) in [6.07, 6.45) is 1.81. The molecule has 0 unspecified atom stereocenters. The fourth-order valence-electron chi connectivity index (χ4n) is 7.41. The standard InChI is InChI=1S/C38H31NO7/c1-22-7-9-26(10-8-22)38(44)46-29-17-13-24(14-18-29)32(40)21-45-37(43)25-11-15-28(16-12-25)39-35(41)33-27-19-30(23-5-3-2-4-6-23)31(20-27)34(33)36(39)42/h2-18,27,30-31,33-34H,19-21H2,1H3/t27-,30+,31-,33+,34+/m1/s1. The SMILES string of the molecule is Cc1ccc(C(=O)Oc2ccc(C(=O)COC(=O)c3ccc(N4C(=O)[C@H]5[C@H]6C[C@@H]([C@@H]5C4=O)[C@H](c4ccccc4)C6)cc3)cc2)cc1. The van der Waals surface area contributed by atoms with Gasteiger partial charge >= 0.3 is 11.9 Å². The van der Waals surface area contributed by atoms with Gasteiger partial charge in [-0.15, -0.1) is 0 Å². The van der Waals surface area contributed by atoms with Crippen molar-refractivity contribution in [2.45, 2.75) is 25.7 Å². The predicted molar refractivity (Wildman–Crippen MR) is 169 cm³/mol. The molecule has 46 heavy (non-hydrogen) atoms. The molecule has 0 spiro atoms. The Bertz CT molecular complexity index is 1830. The van der Waals surface area contributed by atoms with Crippen LogP contribution in [-0.4, -0.2) is 36.1 Å². The summed E-state index contributed by atoms with van der Waals surface area (Å²) in [6.45, 7) is 1.44. The van der Waals surface area contributed by atoms with Crippen LogP contribution in [0.5, 0.6) is 5.75 Å². The lowest BCUT2D eigenvalue weighted by Gasteiger charge is -2.28. The van der Waals surface area contributed by atoms with E-state index in [4.69, 9.17) is 9.47 Å². The molecule has 0 N–H and O–H groups in total. The van der Waals surface area contributed by atoms with Gasteiger partial charge in [0.05, 0.1) is 28.7 Å². The van der Waals surface area contributed by atoms with Crippen LogP contribution in [0.2, 0.25) is 0 Å². The number of amides is 2. The lowest BCUT2D eigenvalue weighted by Crippen LogP contribution is -2.33. The van der Waals surface area contributed by atoms with Gasteiger partial charge in [0.1, 0.15) is 5.75 Å². The number of hydrogen-bond acceptors (Lipinski definition) is 7. The molecule has 3 aliphatic rings. The molecule has 2 saturated carbocycles. The number of esters is 2. The minimum Gasteiger partial charge on any atom is -0.454 e. The predicted octanol–water partition coefficient (Wildman–Crippen LogP) is 6.18. The normalized spacial score (nSPS) is 22.9. The average molecular weight is 614 g/mol. The molecular weight excluding hydrogens is 582 g/mol. The Hall–Kier alpha value is -5.37. The number of hydrogen-bond donors (Lipinski definition) is 0. The minimum atomic E-state index is -0.705. The van der Waals surface area contributed by atoms with Crippen molar-refractivity contribution >= 4 is 35.2 Å². The Morgan fingerprint density at radius 3 is 2.00 bits per heavy atom. The third-order valence-corrected chi connectivity index (χ3v) is 9.61. The lowest BCUT2D eigenvalue weighted by molar-refractivity contribution is -0.123. The second kappa shape index (κ2) is 11.9. The van der Waals surface area contributed by atoms with Crippen LogP contribution in [-0.2, 0) is 14.3 Å². The zero-order valence-corrected chi connectivity index (χ0v) is 25.1. The zero-order chi connectivity index (χ0) is 31.9. The highest BCUT2D eigenvalue weighted by atomic mass is 16.5. The average Bonchev–Trinajstić information content (AvgIpc) is 3.75. The second-order valence-corrected chi connectivity index (χ2v) is 12.3. The highest BCUT2D eigenvalue weighted by molar-refractivity contribution is 6.22. The van der Waals surface area contributed by atoms with Crippen molar-refractivity contribution < 1.29 is 33.4 Å². The van der Waals surface area contributed by atoms with Gasteiger partial charge in [0.15, 0.2) is 12.4 Å². The summed E-state index contributed by atoms with van der Waals surface area (Å²) < 4.78 is 10.6. The fraction of sp³-hybridized carbons (Fsp3) is 0.237. The number of anilines is 1. The summed E-state index contributed by atoms with van der Waals surface area (Å²) in [5.41, 5.74) is 3.58. The van der Waals surface area contributed by atoms with Crippen molar-refractivity contribution in [3.05, 3.63) is 131 Å². The van der Waals surface area contributed by atoms with Crippen molar-refractivity contribution in [1.82, 2.24) is 0 Å². The summed E-state index contributed by atoms with van der Waals surface area (Å²) in [7, 11) is 0. The van der Waals surface area contributed by atoms with Gasteiger partial charge in [-0.25, -0.2) is 9.59 Å². The summed E-state index contributed by atoms with van der Waals surface area (Å²) >= 11 is 0. The van der Waals surface area contributed by atoms with Crippen LogP contribution in [0.4, 0.5) is 5.69 Å². The number of fused-ring (bicyclic) bond motifs is 5. The molecule has 8 heteroatoms. The lowest BCUT2D eigenvalue weighted by atomic mass is 9.73. The Morgan fingerprint density at radius 1 is 0.696 bits per heavy atom. The van der Waals surface area contributed by atoms with E-state index in [9.17, 15) is 24.0 Å². The maximum Gasteiger partial charge on any atom is 0.343 e. The Kier molecular flexibility index (Phi) is 7.56. The molecule has 1 heterocycles. The number of carbonyl (C=O) groups is 5. The molecule has 7 rings (SSSR count). The van der Waals surface area contributed by atoms with Gasteiger partial charge in [-0.3, -0.25) is 19.3 Å². The van der Waals surface area contributed by atoms with E-state index in [-0.39, 0.29) is 52.7 Å². The highest BCUT2D eigenvalue weighted by Gasteiger charge is 2.64. The van der Waals surface area contributed by atoms with Crippen molar-refractivity contribution in [2.75, 3.05) is 11.5 Å². The van der Waals surface area contributed by atoms with Gasteiger partial charge in [0, 0.05) is 5.56 Å². The molecular formula is C38H31NO7. The van der Waals surface area contributed by atoms with Crippen molar-refractivity contribution in [3.63, 3.8) is 0 Å². The van der Waals surface area contributed by atoms with Crippen LogP contribution in [0, 0.1) is 30.6 Å². The van der Waals surface area contributed by atoms with Crippen LogP contribution in [0.25, 0.3) is 0 Å². The number of Topliss-reactive ketones (excluding diaryl/α,β-unsaturated/α-hetero) is 1. The fourth-order valence-corrected chi connectivity index (χ4v) is 7.41. The number of imide groups is 1. The van der Waals surface area contributed by atoms with Crippen LogP contribution in [0.1, 0.15) is 61.0 Å². The summed E-state index contributed by atoms with van der Waals surface area (Å²) in [5, 5.41) is 0. The molecule has 1 saturated heterocycles. The number of aryl methyl sites for hydroxylation is 1. The third-order valence-electron chi connectivity index (χ3n) is 9.61. The van der Waals surface area contributed by atoms with E-state index in [1.165, 1.54) is 46.9 Å². The van der Waals surface area contributed by atoms with Gasteiger partial charge < -0.3 is 9.47 Å². The van der Waals surface area contributed by atoms with E-state index in [0.717, 1.165) is 18.4 Å². The number of benzene rings is 4. The van der Waals surface area contributed by atoms with Crippen molar-refractivity contribution in [1.29, 1.82) is 0 Å². The molecule has 2 bridgehead atoms. The van der Waals surface area contributed by atoms with E-state index in [1.54, 1.807) is 24.3 Å². The summed E-state index contributed by atoms with van der Waals surface area (Å²) in [5.74, 6) is -1.68. The summed E-state index contributed by atoms with van der Waals surface area (Å²) in [4.78, 5) is 66.1. The smallest absolute Gasteiger partial charge is 0.343 e. The highest BCUT2D eigenvalue weighted by Crippen LogP contribution is 2.61.